The van der Waals surface area contributed by atoms with Gasteiger partial charge in [-0.05, 0) is 51.3 Å². The molecule has 0 spiro atoms. The summed E-state index contributed by atoms with van der Waals surface area (Å²) in [6, 6.07) is 5.09. The van der Waals surface area contributed by atoms with E-state index in [-0.39, 0.29) is 29.4 Å². The Hall–Kier alpha value is -2.39. The maximum Gasteiger partial charge on any atom is 0.277 e. The molecule has 2 amide bonds. The van der Waals surface area contributed by atoms with E-state index in [4.69, 9.17) is 5.11 Å². The Balaban J connectivity index is 1.99. The van der Waals surface area contributed by atoms with Crippen LogP contribution in [0.25, 0.3) is 0 Å². The number of amides is 2. The van der Waals surface area contributed by atoms with Gasteiger partial charge >= 0.3 is 0 Å². The Kier molecular flexibility index (Phi) is 6.28. The van der Waals surface area contributed by atoms with Crippen LogP contribution in [0.15, 0.2) is 34.9 Å². The highest BCUT2D eigenvalue weighted by Gasteiger charge is 2.32. The van der Waals surface area contributed by atoms with Crippen molar-refractivity contribution in [3.8, 4) is 0 Å². The van der Waals surface area contributed by atoms with Gasteiger partial charge in [-0.2, -0.15) is 0 Å². The van der Waals surface area contributed by atoms with Gasteiger partial charge < -0.3 is 15.3 Å². The van der Waals surface area contributed by atoms with Gasteiger partial charge in [0.15, 0.2) is 9.84 Å². The molecular formula is C20H27N3O5S. The third-order valence-corrected chi connectivity index (χ3v) is 7.42. The van der Waals surface area contributed by atoms with Crippen LogP contribution >= 0.6 is 0 Å². The van der Waals surface area contributed by atoms with Gasteiger partial charge in [-0.1, -0.05) is 0 Å². The van der Waals surface area contributed by atoms with E-state index >= 15 is 0 Å². The molecule has 0 atom stereocenters. The lowest BCUT2D eigenvalue weighted by molar-refractivity contribution is -0.137. The summed E-state index contributed by atoms with van der Waals surface area (Å²) in [6.45, 7) is 4.54. The van der Waals surface area contributed by atoms with Crippen LogP contribution in [0.1, 0.15) is 33.1 Å². The molecule has 2 heterocycles. The monoisotopic (exact) mass is 421 g/mol. The average Bonchev–Trinajstić information content (AvgIpc) is 2.96. The number of aliphatic hydroxyl groups excluding tert-OH is 1. The molecule has 1 fully saturated rings. The average molecular weight is 422 g/mol. The highest BCUT2D eigenvalue weighted by atomic mass is 32.2. The smallest absolute Gasteiger partial charge is 0.277 e. The zero-order valence-electron chi connectivity index (χ0n) is 16.7. The minimum atomic E-state index is -3.61. The van der Waals surface area contributed by atoms with Crippen molar-refractivity contribution in [3.05, 3.63) is 30.0 Å². The Morgan fingerprint density at radius 2 is 1.83 bits per heavy atom. The molecule has 2 aliphatic rings. The molecule has 0 aliphatic carbocycles. The summed E-state index contributed by atoms with van der Waals surface area (Å²) in [6.07, 6.45) is 4.45. The van der Waals surface area contributed by atoms with Gasteiger partial charge in [0.05, 0.1) is 29.0 Å². The molecule has 8 nitrogen and oxygen atoms in total. The van der Waals surface area contributed by atoms with E-state index in [1.807, 2.05) is 0 Å². The number of carbonyl (C=O) groups excluding carboxylic acids is 2. The summed E-state index contributed by atoms with van der Waals surface area (Å²) in [5.74, 6) is -1.12. The van der Waals surface area contributed by atoms with Crippen LogP contribution in [0.4, 0.5) is 11.4 Å². The normalized spacial score (nSPS) is 17.9. The molecule has 29 heavy (non-hydrogen) atoms. The number of rotatable bonds is 7. The maximum atomic E-state index is 12.9. The third-order valence-electron chi connectivity index (χ3n) is 5.21. The van der Waals surface area contributed by atoms with Gasteiger partial charge in [-0.15, -0.1) is 0 Å². The molecule has 2 aliphatic heterocycles. The zero-order valence-corrected chi connectivity index (χ0v) is 17.5. The molecule has 0 saturated carbocycles. The first-order valence-corrected chi connectivity index (χ1v) is 11.4. The van der Waals surface area contributed by atoms with Gasteiger partial charge in [-0.25, -0.2) is 8.42 Å². The number of aliphatic hydroxyl groups is 1. The molecule has 0 unspecified atom stereocenters. The summed E-state index contributed by atoms with van der Waals surface area (Å²) in [4.78, 5) is 27.7. The fourth-order valence-electron chi connectivity index (χ4n) is 3.52. The summed E-state index contributed by atoms with van der Waals surface area (Å²) < 4.78 is 25.7. The van der Waals surface area contributed by atoms with Crippen LogP contribution in [-0.4, -0.2) is 61.7 Å². The number of hydrogen-bond donors (Lipinski definition) is 2. The van der Waals surface area contributed by atoms with E-state index in [9.17, 15) is 18.0 Å². The Labute approximate surface area is 171 Å². The minimum absolute atomic E-state index is 0.000509. The van der Waals surface area contributed by atoms with Crippen molar-refractivity contribution in [3.63, 3.8) is 0 Å². The number of piperidine rings is 1. The van der Waals surface area contributed by atoms with Gasteiger partial charge in [0, 0.05) is 24.9 Å². The molecule has 158 valence electrons. The maximum absolute atomic E-state index is 12.9. The van der Waals surface area contributed by atoms with E-state index in [1.54, 1.807) is 32.0 Å². The molecule has 1 aromatic carbocycles. The van der Waals surface area contributed by atoms with Crippen molar-refractivity contribution in [1.29, 1.82) is 0 Å². The number of β-amino-alcohol motifs (C(OH)–C–C–N with tert-alkyl or cyclic N) is 1. The van der Waals surface area contributed by atoms with Crippen LogP contribution in [0, 0.1) is 0 Å². The molecule has 0 radical (unpaired) electrons. The van der Waals surface area contributed by atoms with Gasteiger partial charge in [0.2, 0.25) is 0 Å². The van der Waals surface area contributed by atoms with Crippen molar-refractivity contribution in [2.24, 2.45) is 0 Å². The van der Waals surface area contributed by atoms with E-state index in [1.165, 1.54) is 6.42 Å². The van der Waals surface area contributed by atoms with Crippen molar-refractivity contribution in [1.82, 2.24) is 4.90 Å². The topological polar surface area (TPSA) is 107 Å². The van der Waals surface area contributed by atoms with Crippen molar-refractivity contribution in [2.75, 3.05) is 36.5 Å². The molecule has 2 N–H and O–H groups in total. The lowest BCUT2D eigenvalue weighted by Crippen LogP contribution is -2.34. The second-order valence-electron chi connectivity index (χ2n) is 7.52. The number of nitrogens with one attached hydrogen (secondary N) is 1. The predicted octanol–water partition coefficient (Wildman–Crippen LogP) is 1.52. The zero-order chi connectivity index (χ0) is 21.2. The second-order valence-corrected chi connectivity index (χ2v) is 10.00. The predicted molar refractivity (Wildman–Crippen MR) is 110 cm³/mol. The van der Waals surface area contributed by atoms with Crippen LogP contribution in [-0.2, 0) is 19.4 Å². The standard InChI is InChI=1S/C20H27N3O5S/c1-14(2)29(27,28)18-7-6-15(22-8-4-3-5-9-22)12-16(18)21-17-13-19(25)23(10-11-24)20(17)26/h6-7,12-14,21,24H,3-5,8-11H2,1-2H3. The molecule has 0 bridgehead atoms. The number of carbonyl (C=O) groups is 2. The number of hydrogen-bond acceptors (Lipinski definition) is 7. The van der Waals surface area contributed by atoms with Crippen LogP contribution < -0.4 is 10.2 Å². The number of imide groups is 1. The number of nitrogens with zero attached hydrogens (tertiary/aromatic N) is 2. The van der Waals surface area contributed by atoms with E-state index in [0.29, 0.717) is 0 Å². The fourth-order valence-corrected chi connectivity index (χ4v) is 4.70. The Bertz CT molecular complexity index is 933. The first-order valence-electron chi connectivity index (χ1n) is 9.84. The summed E-state index contributed by atoms with van der Waals surface area (Å²) in [5.41, 5.74) is 1.15. The second kappa shape index (κ2) is 8.54. The Morgan fingerprint density at radius 3 is 2.45 bits per heavy atom. The quantitative estimate of drug-likeness (QED) is 0.643. The highest BCUT2D eigenvalue weighted by molar-refractivity contribution is 7.92. The van der Waals surface area contributed by atoms with Crippen molar-refractivity contribution >= 4 is 33.0 Å². The van der Waals surface area contributed by atoms with Crippen molar-refractivity contribution in [2.45, 2.75) is 43.3 Å². The number of benzene rings is 1. The molecule has 1 aromatic rings. The summed E-state index contributed by atoms with van der Waals surface area (Å²) >= 11 is 0. The third kappa shape index (κ3) is 4.30. The van der Waals surface area contributed by atoms with Crippen LogP contribution in [0.2, 0.25) is 0 Å². The highest BCUT2D eigenvalue weighted by Crippen LogP contribution is 2.32. The van der Waals surface area contributed by atoms with Gasteiger partial charge in [0.25, 0.3) is 11.8 Å². The lowest BCUT2D eigenvalue weighted by Gasteiger charge is -2.29. The molecule has 0 aromatic heterocycles. The summed E-state index contributed by atoms with van der Waals surface area (Å²) in [7, 11) is -3.61. The molecule has 3 rings (SSSR count). The molecular weight excluding hydrogens is 394 g/mol. The van der Waals surface area contributed by atoms with Crippen molar-refractivity contribution < 1.29 is 23.1 Å². The molecule has 1 saturated heterocycles. The Morgan fingerprint density at radius 1 is 1.14 bits per heavy atom. The number of anilines is 2. The minimum Gasteiger partial charge on any atom is -0.395 e. The first kappa shape index (κ1) is 21.3. The van der Waals surface area contributed by atoms with Gasteiger partial charge in [-0.3, -0.25) is 14.5 Å². The molecule has 9 heteroatoms. The van der Waals surface area contributed by atoms with E-state index in [0.717, 1.165) is 42.6 Å². The first-order chi connectivity index (χ1) is 13.8. The fraction of sp³-hybridized carbons (Fsp3) is 0.500. The van der Waals surface area contributed by atoms with Crippen LogP contribution in [0.5, 0.6) is 0 Å². The number of sulfone groups is 1. The lowest BCUT2D eigenvalue weighted by atomic mass is 10.1. The van der Waals surface area contributed by atoms with Crippen LogP contribution in [0.3, 0.4) is 0 Å². The summed E-state index contributed by atoms with van der Waals surface area (Å²) in [5, 5.41) is 11.3. The van der Waals surface area contributed by atoms with E-state index < -0.39 is 26.9 Å². The van der Waals surface area contributed by atoms with Gasteiger partial charge in [0.1, 0.15) is 5.70 Å². The largest absolute Gasteiger partial charge is 0.395 e. The van der Waals surface area contributed by atoms with E-state index in [2.05, 4.69) is 10.2 Å². The SMILES string of the molecule is CC(C)S(=O)(=O)c1ccc(N2CCCCC2)cc1NC1=CC(=O)N(CCO)C1=O.